The Morgan fingerprint density at radius 2 is 0.641 bits per heavy atom. The van der Waals surface area contributed by atoms with Crippen molar-refractivity contribution in [1.29, 1.82) is 0 Å². The van der Waals surface area contributed by atoms with Crippen molar-refractivity contribution in [2.45, 2.75) is 0 Å². The molecule has 13 rings (SSSR count). The number of furan rings is 1. The maximum absolute atomic E-state index is 6.93. The molecule has 1 aromatic heterocycles. The summed E-state index contributed by atoms with van der Waals surface area (Å²) in [6.45, 7) is 0. The third-order valence-corrected chi connectivity index (χ3v) is 13.3. The van der Waals surface area contributed by atoms with Gasteiger partial charge in [0.1, 0.15) is 11.2 Å². The fourth-order valence-corrected chi connectivity index (χ4v) is 10.2. The lowest BCUT2D eigenvalue weighted by Gasteiger charge is -2.28. The van der Waals surface area contributed by atoms with Crippen LogP contribution >= 0.6 is 0 Å². The Labute approximate surface area is 370 Å². The van der Waals surface area contributed by atoms with Crippen LogP contribution in [-0.2, 0) is 0 Å². The number of para-hydroxylation sites is 2. The molecule has 0 saturated carbocycles. The molecule has 0 spiro atoms. The molecular weight excluding hydrogens is 775 g/mol. The zero-order valence-electron chi connectivity index (χ0n) is 34.9. The molecule has 0 aliphatic rings. The van der Waals surface area contributed by atoms with Crippen molar-refractivity contribution in [3.05, 3.63) is 237 Å². The van der Waals surface area contributed by atoms with Crippen LogP contribution < -0.4 is 4.90 Å². The van der Waals surface area contributed by atoms with Gasteiger partial charge in [-0.25, -0.2) is 0 Å². The molecule has 0 bridgehead atoms. The molecule has 0 unspecified atom stereocenters. The molecule has 0 radical (unpaired) electrons. The highest BCUT2D eigenvalue weighted by atomic mass is 16.3. The van der Waals surface area contributed by atoms with E-state index in [4.69, 9.17) is 4.42 Å². The molecule has 0 fully saturated rings. The summed E-state index contributed by atoms with van der Waals surface area (Å²) in [4.78, 5) is 2.40. The zero-order valence-corrected chi connectivity index (χ0v) is 34.9. The lowest BCUT2D eigenvalue weighted by molar-refractivity contribution is 0.674. The van der Waals surface area contributed by atoms with E-state index in [2.05, 4.69) is 241 Å². The van der Waals surface area contributed by atoms with E-state index in [1.807, 2.05) is 0 Å². The Bertz CT molecular complexity index is 3790. The Hall–Kier alpha value is -8.46. The second kappa shape index (κ2) is 14.6. The van der Waals surface area contributed by atoms with Gasteiger partial charge in [0.2, 0.25) is 0 Å². The predicted octanol–water partition coefficient (Wildman–Crippen LogP) is 17.8. The molecule has 0 N–H and O–H groups in total. The van der Waals surface area contributed by atoms with Crippen LogP contribution in [0, 0.1) is 0 Å². The average Bonchev–Trinajstić information content (AvgIpc) is 3.76. The van der Waals surface area contributed by atoms with Crippen molar-refractivity contribution in [3.8, 4) is 33.4 Å². The van der Waals surface area contributed by atoms with Gasteiger partial charge in [-0.2, -0.15) is 0 Å². The molecule has 0 aliphatic heterocycles. The largest absolute Gasteiger partial charge is 0.455 e. The minimum atomic E-state index is 0.888. The molecule has 0 amide bonds. The van der Waals surface area contributed by atoms with Gasteiger partial charge < -0.3 is 9.32 Å². The van der Waals surface area contributed by atoms with E-state index in [1.54, 1.807) is 0 Å². The van der Waals surface area contributed by atoms with E-state index in [-0.39, 0.29) is 0 Å². The summed E-state index contributed by atoms with van der Waals surface area (Å²) in [6.07, 6.45) is 0. The molecule has 0 atom stereocenters. The Morgan fingerprint density at radius 3 is 1.22 bits per heavy atom. The number of benzene rings is 12. The monoisotopic (exact) mass is 813 g/mol. The number of rotatable bonds is 6. The first-order valence-electron chi connectivity index (χ1n) is 22.0. The number of hydrogen-bond donors (Lipinski definition) is 0. The molecule has 0 aliphatic carbocycles. The van der Waals surface area contributed by atoms with Crippen molar-refractivity contribution in [2.75, 3.05) is 4.90 Å². The van der Waals surface area contributed by atoms with E-state index in [0.717, 1.165) is 55.5 Å². The summed E-state index contributed by atoms with van der Waals surface area (Å²) in [5, 5.41) is 14.6. The highest BCUT2D eigenvalue weighted by molar-refractivity contribution is 6.18. The number of hydrogen-bond acceptors (Lipinski definition) is 2. The first-order chi connectivity index (χ1) is 31.7. The molecular formula is C62H39NO. The predicted molar refractivity (Wildman–Crippen MR) is 272 cm³/mol. The van der Waals surface area contributed by atoms with Gasteiger partial charge in [-0.3, -0.25) is 0 Å². The lowest BCUT2D eigenvalue weighted by atomic mass is 9.94. The second-order valence-electron chi connectivity index (χ2n) is 16.8. The fraction of sp³-hybridized carbons (Fsp3) is 0. The summed E-state index contributed by atoms with van der Waals surface area (Å²) in [6, 6.07) is 86.0. The quantitative estimate of drug-likeness (QED) is 0.156. The van der Waals surface area contributed by atoms with Crippen molar-refractivity contribution in [3.63, 3.8) is 0 Å². The summed E-state index contributed by atoms with van der Waals surface area (Å²) < 4.78 is 6.93. The van der Waals surface area contributed by atoms with Gasteiger partial charge in [-0.1, -0.05) is 200 Å². The Morgan fingerprint density at radius 1 is 0.234 bits per heavy atom. The van der Waals surface area contributed by atoms with Gasteiger partial charge in [0.25, 0.3) is 0 Å². The van der Waals surface area contributed by atoms with Crippen LogP contribution in [0.3, 0.4) is 0 Å². The normalized spacial score (nSPS) is 11.8. The Kier molecular flexibility index (Phi) is 8.25. The van der Waals surface area contributed by atoms with Gasteiger partial charge in [-0.05, 0) is 107 Å². The first-order valence-corrected chi connectivity index (χ1v) is 22.0. The van der Waals surface area contributed by atoms with Crippen LogP contribution in [0.25, 0.3) is 109 Å². The van der Waals surface area contributed by atoms with E-state index in [9.17, 15) is 0 Å². The highest BCUT2D eigenvalue weighted by Gasteiger charge is 2.21. The summed E-state index contributed by atoms with van der Waals surface area (Å²) in [5.41, 5.74) is 11.9. The number of fused-ring (bicyclic) bond motifs is 11. The lowest BCUT2D eigenvalue weighted by Crippen LogP contribution is -2.11. The summed E-state index contributed by atoms with van der Waals surface area (Å²) in [7, 11) is 0. The molecule has 298 valence electrons. The van der Waals surface area contributed by atoms with Crippen molar-refractivity contribution >= 4 is 92.9 Å². The fourth-order valence-electron chi connectivity index (χ4n) is 10.2. The van der Waals surface area contributed by atoms with Crippen LogP contribution in [0.1, 0.15) is 0 Å². The third-order valence-electron chi connectivity index (χ3n) is 13.3. The molecule has 2 heteroatoms. The van der Waals surface area contributed by atoms with E-state index < -0.39 is 0 Å². The number of nitrogens with zero attached hydrogens (tertiary/aromatic N) is 1. The second-order valence-corrected chi connectivity index (χ2v) is 16.8. The topological polar surface area (TPSA) is 16.4 Å². The zero-order chi connectivity index (χ0) is 42.1. The van der Waals surface area contributed by atoms with Gasteiger partial charge in [0.05, 0.1) is 5.69 Å². The SMILES string of the molecule is c1ccc(N(c2ccc(-c3cccc4c3ccc3ccccc34)cc2)c2ccc(-c3cccc4c3ccc3ccccc34)cc2)c(-c2cccc3c2oc2c4ccccc4ccc32)c1. The minimum absolute atomic E-state index is 0.888. The molecule has 12 aromatic carbocycles. The maximum Gasteiger partial charge on any atom is 0.143 e. The molecule has 1 heterocycles. The molecule has 0 saturated heterocycles. The maximum atomic E-state index is 6.93. The van der Waals surface area contributed by atoms with Crippen LogP contribution in [0.2, 0.25) is 0 Å². The van der Waals surface area contributed by atoms with Crippen LogP contribution in [0.4, 0.5) is 17.1 Å². The van der Waals surface area contributed by atoms with Gasteiger partial charge >= 0.3 is 0 Å². The van der Waals surface area contributed by atoms with Gasteiger partial charge in [0.15, 0.2) is 0 Å². The van der Waals surface area contributed by atoms with Crippen molar-refractivity contribution < 1.29 is 4.42 Å². The highest BCUT2D eigenvalue weighted by Crippen LogP contribution is 2.46. The van der Waals surface area contributed by atoms with Crippen LogP contribution in [0.15, 0.2) is 241 Å². The third kappa shape index (κ3) is 5.73. The Balaban J connectivity index is 0.977. The minimum Gasteiger partial charge on any atom is -0.455 e. The van der Waals surface area contributed by atoms with Crippen molar-refractivity contribution in [2.24, 2.45) is 0 Å². The van der Waals surface area contributed by atoms with Crippen LogP contribution in [-0.4, -0.2) is 0 Å². The standard InChI is InChI=1S/C62H39NO/c1-4-15-47-40(12-1)30-37-54-49(19-9-21-52(47)54)43-26-33-45(34-27-43)63(46-35-28-44(29-36-46)50-20-10-22-53-48-16-5-2-13-41(48)31-38-55(50)53)60-25-8-7-18-56(60)57-23-11-24-58-59-39-32-42-14-3-6-17-51(42)61(59)64-62(57)58/h1-39H. The summed E-state index contributed by atoms with van der Waals surface area (Å²) >= 11 is 0. The molecule has 13 aromatic rings. The smallest absolute Gasteiger partial charge is 0.143 e. The van der Waals surface area contributed by atoms with Gasteiger partial charge in [0, 0.05) is 38.7 Å². The first kappa shape index (κ1) is 36.2. The number of anilines is 3. The molecule has 2 nitrogen and oxygen atoms in total. The van der Waals surface area contributed by atoms with Gasteiger partial charge in [-0.15, -0.1) is 0 Å². The van der Waals surface area contributed by atoms with Crippen molar-refractivity contribution in [1.82, 2.24) is 0 Å². The summed E-state index contributed by atoms with van der Waals surface area (Å²) in [5.74, 6) is 0. The van der Waals surface area contributed by atoms with E-state index in [0.29, 0.717) is 0 Å². The average molecular weight is 814 g/mol. The van der Waals surface area contributed by atoms with E-state index >= 15 is 0 Å². The van der Waals surface area contributed by atoms with E-state index in [1.165, 1.54) is 70.7 Å². The molecule has 64 heavy (non-hydrogen) atoms. The van der Waals surface area contributed by atoms with Crippen LogP contribution in [0.5, 0.6) is 0 Å².